The van der Waals surface area contributed by atoms with Crippen molar-refractivity contribution in [2.45, 2.75) is 38.7 Å². The molecule has 2 N–H and O–H groups in total. The zero-order valence-corrected chi connectivity index (χ0v) is 6.85. The van der Waals surface area contributed by atoms with Crippen LogP contribution in [0, 0.1) is 0 Å². The highest BCUT2D eigenvalue weighted by Gasteiger charge is 2.20. The van der Waals surface area contributed by atoms with Gasteiger partial charge in [-0.05, 0) is 20.3 Å². The van der Waals surface area contributed by atoms with Gasteiger partial charge >= 0.3 is 0 Å². The molecule has 1 fully saturated rings. The van der Waals surface area contributed by atoms with Gasteiger partial charge < -0.3 is 4.74 Å². The van der Waals surface area contributed by atoms with Crippen molar-refractivity contribution in [2.75, 3.05) is 7.11 Å². The maximum absolute atomic E-state index is 5.11. The molecule has 2 unspecified atom stereocenters. The summed E-state index contributed by atoms with van der Waals surface area (Å²) in [5.41, 5.74) is 0. The average molecular weight is 144 g/mol. The van der Waals surface area contributed by atoms with E-state index in [1.165, 1.54) is 6.42 Å². The molecule has 1 heterocycles. The molecule has 0 aromatic heterocycles. The van der Waals surface area contributed by atoms with E-state index in [9.17, 15) is 0 Å². The molecule has 0 radical (unpaired) electrons. The first-order valence-electron chi connectivity index (χ1n) is 3.77. The minimum Gasteiger partial charge on any atom is -0.353 e. The van der Waals surface area contributed by atoms with Crippen molar-refractivity contribution in [3.63, 3.8) is 0 Å². The molecule has 1 aliphatic heterocycles. The summed E-state index contributed by atoms with van der Waals surface area (Å²) in [4.78, 5) is 0. The second-order valence-corrected chi connectivity index (χ2v) is 2.99. The summed E-state index contributed by atoms with van der Waals surface area (Å²) < 4.78 is 5.11. The predicted molar refractivity (Wildman–Crippen MR) is 40.6 cm³/mol. The first-order chi connectivity index (χ1) is 4.72. The maximum Gasteiger partial charge on any atom is 0.163 e. The molecule has 1 saturated heterocycles. The van der Waals surface area contributed by atoms with Crippen molar-refractivity contribution in [1.29, 1.82) is 0 Å². The van der Waals surface area contributed by atoms with Crippen LogP contribution in [0.3, 0.4) is 0 Å². The molecule has 0 bridgehead atoms. The van der Waals surface area contributed by atoms with Gasteiger partial charge in [0.05, 0.1) is 0 Å². The molecule has 0 spiro atoms. The van der Waals surface area contributed by atoms with Crippen LogP contribution in [0.1, 0.15) is 20.3 Å². The number of hydrogen-bond acceptors (Lipinski definition) is 3. The summed E-state index contributed by atoms with van der Waals surface area (Å²) >= 11 is 0. The molecule has 1 rings (SSSR count). The van der Waals surface area contributed by atoms with Crippen LogP contribution in [0.2, 0.25) is 0 Å². The summed E-state index contributed by atoms with van der Waals surface area (Å²) in [6.45, 7) is 4.34. The van der Waals surface area contributed by atoms with Crippen LogP contribution in [0.5, 0.6) is 0 Å². The Bertz CT molecular complexity index is 97.8. The van der Waals surface area contributed by atoms with Crippen LogP contribution in [0.4, 0.5) is 0 Å². The van der Waals surface area contributed by atoms with Gasteiger partial charge in [-0.2, -0.15) is 0 Å². The fourth-order valence-corrected chi connectivity index (χ4v) is 1.37. The number of rotatable bonds is 1. The lowest BCUT2D eigenvalue weighted by atomic mass is 10.1. The second-order valence-electron chi connectivity index (χ2n) is 2.99. The maximum atomic E-state index is 5.11. The van der Waals surface area contributed by atoms with Gasteiger partial charge in [0.2, 0.25) is 0 Å². The van der Waals surface area contributed by atoms with Gasteiger partial charge in [-0.3, -0.25) is 10.6 Å². The summed E-state index contributed by atoms with van der Waals surface area (Å²) in [5, 5.41) is 6.53. The van der Waals surface area contributed by atoms with Crippen LogP contribution in [-0.4, -0.2) is 25.5 Å². The van der Waals surface area contributed by atoms with E-state index in [2.05, 4.69) is 24.5 Å². The minimum absolute atomic E-state index is 0.0405. The summed E-state index contributed by atoms with van der Waals surface area (Å²) in [6.07, 6.45) is 1.21. The Morgan fingerprint density at radius 1 is 1.20 bits per heavy atom. The zero-order chi connectivity index (χ0) is 7.56. The fourth-order valence-electron chi connectivity index (χ4n) is 1.37. The van der Waals surface area contributed by atoms with E-state index in [0.717, 1.165) is 0 Å². The Morgan fingerprint density at radius 2 is 1.70 bits per heavy atom. The highest BCUT2D eigenvalue weighted by Crippen LogP contribution is 2.04. The number of methoxy groups -OCH3 is 1. The molecule has 0 aromatic carbocycles. The van der Waals surface area contributed by atoms with Gasteiger partial charge in [0, 0.05) is 19.2 Å². The Balaban J connectivity index is 2.35. The third-order valence-electron chi connectivity index (χ3n) is 1.81. The lowest BCUT2D eigenvalue weighted by Gasteiger charge is -2.33. The van der Waals surface area contributed by atoms with E-state index < -0.39 is 0 Å². The van der Waals surface area contributed by atoms with Crippen molar-refractivity contribution in [1.82, 2.24) is 10.6 Å². The molecule has 0 aliphatic carbocycles. The first kappa shape index (κ1) is 7.98. The molecule has 0 saturated carbocycles. The highest BCUT2D eigenvalue weighted by molar-refractivity contribution is 4.77. The topological polar surface area (TPSA) is 33.3 Å². The Morgan fingerprint density at radius 3 is 2.10 bits per heavy atom. The molecule has 0 amide bonds. The molecule has 3 nitrogen and oxygen atoms in total. The molecule has 10 heavy (non-hydrogen) atoms. The minimum atomic E-state index is 0.0405. The molecular formula is C7H16N2O. The highest BCUT2D eigenvalue weighted by atomic mass is 16.5. The van der Waals surface area contributed by atoms with Crippen molar-refractivity contribution < 1.29 is 4.74 Å². The molecule has 2 atom stereocenters. The number of hydrogen-bond donors (Lipinski definition) is 2. The quantitative estimate of drug-likeness (QED) is 0.554. The molecule has 60 valence electrons. The van der Waals surface area contributed by atoms with Gasteiger partial charge in [0.15, 0.2) is 6.35 Å². The largest absolute Gasteiger partial charge is 0.353 e. The first-order valence-corrected chi connectivity index (χ1v) is 3.77. The van der Waals surface area contributed by atoms with Gasteiger partial charge in [-0.25, -0.2) is 0 Å². The van der Waals surface area contributed by atoms with Crippen LogP contribution < -0.4 is 10.6 Å². The molecular weight excluding hydrogens is 128 g/mol. The van der Waals surface area contributed by atoms with Crippen LogP contribution in [0.25, 0.3) is 0 Å². The second kappa shape index (κ2) is 3.32. The van der Waals surface area contributed by atoms with Crippen LogP contribution >= 0.6 is 0 Å². The average Bonchev–Trinajstić information content (AvgIpc) is 1.85. The van der Waals surface area contributed by atoms with Crippen LogP contribution in [0.15, 0.2) is 0 Å². The third-order valence-corrected chi connectivity index (χ3v) is 1.81. The zero-order valence-electron chi connectivity index (χ0n) is 6.85. The van der Waals surface area contributed by atoms with Crippen molar-refractivity contribution in [2.24, 2.45) is 0 Å². The molecule has 3 heteroatoms. The van der Waals surface area contributed by atoms with E-state index in [4.69, 9.17) is 4.74 Å². The number of ether oxygens (including phenoxy) is 1. The standard InChI is InChI=1S/C7H16N2O/c1-5-4-6(2)9-7(8-5)10-3/h5-9H,4H2,1-3H3. The molecule has 0 aromatic rings. The van der Waals surface area contributed by atoms with Gasteiger partial charge in [-0.15, -0.1) is 0 Å². The lowest BCUT2D eigenvalue weighted by Crippen LogP contribution is -2.57. The fraction of sp³-hybridized carbons (Fsp3) is 1.00. The van der Waals surface area contributed by atoms with Gasteiger partial charge in [-0.1, -0.05) is 0 Å². The monoisotopic (exact) mass is 144 g/mol. The predicted octanol–water partition coefficient (Wildman–Crippen LogP) is 0.276. The lowest BCUT2D eigenvalue weighted by molar-refractivity contribution is 0.00767. The van der Waals surface area contributed by atoms with E-state index in [-0.39, 0.29) is 6.35 Å². The Kier molecular flexibility index (Phi) is 2.65. The normalized spacial score (nSPS) is 41.7. The van der Waals surface area contributed by atoms with E-state index in [1.807, 2.05) is 0 Å². The third kappa shape index (κ3) is 1.94. The van der Waals surface area contributed by atoms with E-state index in [1.54, 1.807) is 7.11 Å². The summed E-state index contributed by atoms with van der Waals surface area (Å²) in [6, 6.07) is 1.11. The SMILES string of the molecule is COC1NC(C)CC(C)N1. The van der Waals surface area contributed by atoms with E-state index in [0.29, 0.717) is 12.1 Å². The Labute approximate surface area is 62.1 Å². The summed E-state index contributed by atoms with van der Waals surface area (Å²) in [7, 11) is 1.70. The van der Waals surface area contributed by atoms with Gasteiger partial charge in [0.25, 0.3) is 0 Å². The van der Waals surface area contributed by atoms with Crippen molar-refractivity contribution in [3.05, 3.63) is 0 Å². The summed E-state index contributed by atoms with van der Waals surface area (Å²) in [5.74, 6) is 0. The van der Waals surface area contributed by atoms with Gasteiger partial charge in [0.1, 0.15) is 0 Å². The smallest absolute Gasteiger partial charge is 0.163 e. The molecule has 1 aliphatic rings. The number of nitrogens with one attached hydrogen (secondary N) is 2. The Hall–Kier alpha value is -0.120. The van der Waals surface area contributed by atoms with Crippen LogP contribution in [-0.2, 0) is 4.74 Å². The van der Waals surface area contributed by atoms with E-state index >= 15 is 0 Å². The van der Waals surface area contributed by atoms with Crippen molar-refractivity contribution >= 4 is 0 Å². The van der Waals surface area contributed by atoms with Crippen molar-refractivity contribution in [3.8, 4) is 0 Å².